The molecule has 4 heteroatoms. The Balaban J connectivity index is 1.76. The zero-order chi connectivity index (χ0) is 12.4. The molecule has 1 aliphatic heterocycles. The molecule has 1 N–H and O–H groups in total. The van der Waals surface area contributed by atoms with Gasteiger partial charge in [0.05, 0.1) is 6.10 Å². The van der Waals surface area contributed by atoms with E-state index in [0.717, 1.165) is 22.7 Å². The smallest absolute Gasteiger partial charge is 0.0937 e. The van der Waals surface area contributed by atoms with Gasteiger partial charge in [0, 0.05) is 33.8 Å². The predicted molar refractivity (Wildman–Crippen MR) is 77.1 cm³/mol. The number of aliphatic hydroxyl groups excluding tert-OH is 1. The summed E-state index contributed by atoms with van der Waals surface area (Å²) in [6, 6.07) is 8.01. The zero-order valence-corrected chi connectivity index (χ0v) is 11.6. The fraction of sp³-hybridized carbons (Fsp3) is 0.357. The first-order valence-electron chi connectivity index (χ1n) is 6.10. The molecule has 3 rings (SSSR count). The van der Waals surface area contributed by atoms with Crippen LogP contribution < -0.4 is 0 Å². The monoisotopic (exact) mass is 277 g/mol. The number of fused-ring (bicyclic) bond motifs is 1. The van der Waals surface area contributed by atoms with Crippen LogP contribution in [0.5, 0.6) is 0 Å². The van der Waals surface area contributed by atoms with E-state index in [1.54, 1.807) is 17.5 Å². The largest absolute Gasteiger partial charge is 0.387 e. The lowest BCUT2D eigenvalue weighted by molar-refractivity contribution is 0.181. The first kappa shape index (κ1) is 12.2. The van der Waals surface area contributed by atoms with Gasteiger partial charge in [0.1, 0.15) is 0 Å². The average molecular weight is 277 g/mol. The van der Waals surface area contributed by atoms with Crippen LogP contribution in [0.15, 0.2) is 30.5 Å². The molecule has 0 bridgehead atoms. The van der Waals surface area contributed by atoms with Gasteiger partial charge in [-0.1, -0.05) is 6.07 Å². The maximum atomic E-state index is 10.3. The van der Waals surface area contributed by atoms with Gasteiger partial charge in [0.25, 0.3) is 0 Å². The molecule has 2 aromatic heterocycles. The number of hydrogen-bond acceptors (Lipinski definition) is 4. The average Bonchev–Trinajstić information content (AvgIpc) is 2.84. The van der Waals surface area contributed by atoms with Gasteiger partial charge in [-0.05, 0) is 35.9 Å². The Morgan fingerprint density at radius 1 is 1.39 bits per heavy atom. The third-order valence-electron chi connectivity index (χ3n) is 3.10. The maximum absolute atomic E-state index is 10.3. The van der Waals surface area contributed by atoms with Crippen LogP contribution in [0.3, 0.4) is 0 Å². The summed E-state index contributed by atoms with van der Waals surface area (Å²) >= 11 is 3.75. The van der Waals surface area contributed by atoms with E-state index >= 15 is 0 Å². The van der Waals surface area contributed by atoms with Crippen LogP contribution in [-0.2, 0) is 18.6 Å². The van der Waals surface area contributed by atoms with Crippen molar-refractivity contribution >= 4 is 23.1 Å². The summed E-state index contributed by atoms with van der Waals surface area (Å²) in [4.78, 5) is 6.82. The van der Waals surface area contributed by atoms with E-state index in [4.69, 9.17) is 0 Å². The number of thiophene rings is 1. The number of thioether (sulfide) groups is 1. The third kappa shape index (κ3) is 2.60. The van der Waals surface area contributed by atoms with E-state index in [-0.39, 0.29) is 0 Å². The molecule has 18 heavy (non-hydrogen) atoms. The Kier molecular flexibility index (Phi) is 3.68. The van der Waals surface area contributed by atoms with Gasteiger partial charge in [0.15, 0.2) is 0 Å². The Morgan fingerprint density at radius 3 is 3.11 bits per heavy atom. The summed E-state index contributed by atoms with van der Waals surface area (Å²) in [5.41, 5.74) is 2.37. The number of aliphatic hydroxyl groups is 1. The molecule has 2 nitrogen and oxygen atoms in total. The molecule has 3 heterocycles. The fourth-order valence-electron chi connectivity index (χ4n) is 2.15. The Bertz CT molecular complexity index is 500. The molecule has 0 aromatic carbocycles. The van der Waals surface area contributed by atoms with E-state index in [0.29, 0.717) is 6.42 Å². The zero-order valence-electron chi connectivity index (χ0n) is 10.0. The Hall–Kier alpha value is -0.840. The minimum absolute atomic E-state index is 0.416. The second-order valence-corrected chi connectivity index (χ2v) is 6.71. The lowest BCUT2D eigenvalue weighted by Gasteiger charge is -2.08. The minimum atomic E-state index is -0.416. The summed E-state index contributed by atoms with van der Waals surface area (Å²) in [6.45, 7) is 0. The summed E-state index contributed by atoms with van der Waals surface area (Å²) in [5.74, 6) is 2.31. The molecule has 1 unspecified atom stereocenters. The van der Waals surface area contributed by atoms with Crippen LogP contribution in [-0.4, -0.2) is 15.8 Å². The van der Waals surface area contributed by atoms with Crippen LogP contribution in [0.2, 0.25) is 0 Å². The highest BCUT2D eigenvalue weighted by Gasteiger charge is 2.18. The van der Waals surface area contributed by atoms with Crippen molar-refractivity contribution in [1.29, 1.82) is 0 Å². The van der Waals surface area contributed by atoms with Gasteiger partial charge in [-0.3, -0.25) is 4.98 Å². The van der Waals surface area contributed by atoms with Crippen molar-refractivity contribution in [2.24, 2.45) is 0 Å². The normalized spacial score (nSPS) is 16.3. The van der Waals surface area contributed by atoms with Gasteiger partial charge >= 0.3 is 0 Å². The Morgan fingerprint density at radius 2 is 2.33 bits per heavy atom. The second-order valence-electron chi connectivity index (χ2n) is 4.44. The fourth-order valence-corrected chi connectivity index (χ4v) is 4.51. The van der Waals surface area contributed by atoms with Crippen molar-refractivity contribution in [1.82, 2.24) is 4.98 Å². The number of rotatable bonds is 3. The van der Waals surface area contributed by atoms with E-state index < -0.39 is 6.10 Å². The van der Waals surface area contributed by atoms with Crippen molar-refractivity contribution < 1.29 is 5.11 Å². The summed E-state index contributed by atoms with van der Waals surface area (Å²) < 4.78 is 0. The molecule has 0 aliphatic carbocycles. The van der Waals surface area contributed by atoms with E-state index in [1.807, 2.05) is 30.0 Å². The highest BCUT2D eigenvalue weighted by atomic mass is 32.2. The molecular formula is C14H15NOS2. The molecule has 2 aromatic rings. The molecule has 1 aliphatic rings. The Labute approximate surface area is 115 Å². The summed E-state index contributed by atoms with van der Waals surface area (Å²) in [6.07, 6.45) is 3.12. The van der Waals surface area contributed by atoms with Crippen molar-refractivity contribution in [2.75, 3.05) is 5.75 Å². The molecule has 94 valence electrons. The van der Waals surface area contributed by atoms with Crippen LogP contribution in [0.4, 0.5) is 0 Å². The number of pyridine rings is 1. The number of aromatic nitrogens is 1. The lowest BCUT2D eigenvalue weighted by atomic mass is 10.1. The first-order chi connectivity index (χ1) is 8.83. The summed E-state index contributed by atoms with van der Waals surface area (Å²) in [5, 5.41) is 10.3. The van der Waals surface area contributed by atoms with Crippen molar-refractivity contribution in [3.8, 4) is 0 Å². The minimum Gasteiger partial charge on any atom is -0.387 e. The van der Waals surface area contributed by atoms with Crippen molar-refractivity contribution in [3.63, 3.8) is 0 Å². The first-order valence-corrected chi connectivity index (χ1v) is 8.07. The number of hydrogen-bond donors (Lipinski definition) is 1. The van der Waals surface area contributed by atoms with Crippen molar-refractivity contribution in [3.05, 3.63) is 51.5 Å². The van der Waals surface area contributed by atoms with Gasteiger partial charge in [-0.25, -0.2) is 0 Å². The number of aryl methyl sites for hydroxylation is 1. The van der Waals surface area contributed by atoms with Gasteiger partial charge in [-0.2, -0.15) is 11.8 Å². The lowest BCUT2D eigenvalue weighted by Crippen LogP contribution is -2.01. The molecule has 0 fully saturated rings. The van der Waals surface area contributed by atoms with E-state index in [9.17, 15) is 5.11 Å². The van der Waals surface area contributed by atoms with Gasteiger partial charge < -0.3 is 5.11 Å². The molecule has 1 atom stereocenters. The standard InChI is InChI=1S/C14H15NOS2/c16-12(8-11-3-1-2-5-15-11)14-7-10-9-17-6-4-13(10)18-14/h1-3,5,7,12,16H,4,6,8-9H2. The van der Waals surface area contributed by atoms with E-state index in [2.05, 4.69) is 11.1 Å². The van der Waals surface area contributed by atoms with Crippen LogP contribution in [0.1, 0.15) is 27.1 Å². The topological polar surface area (TPSA) is 33.1 Å². The molecule has 0 radical (unpaired) electrons. The van der Waals surface area contributed by atoms with Crippen LogP contribution >= 0.6 is 23.1 Å². The molecule has 0 saturated carbocycles. The third-order valence-corrected chi connectivity index (χ3v) is 5.45. The summed E-state index contributed by atoms with van der Waals surface area (Å²) in [7, 11) is 0. The number of nitrogens with zero attached hydrogens (tertiary/aromatic N) is 1. The molecule has 0 saturated heterocycles. The van der Waals surface area contributed by atoms with Gasteiger partial charge in [0.2, 0.25) is 0 Å². The molecular weight excluding hydrogens is 262 g/mol. The van der Waals surface area contributed by atoms with E-state index in [1.165, 1.54) is 16.2 Å². The molecule has 0 amide bonds. The second kappa shape index (κ2) is 5.43. The quantitative estimate of drug-likeness (QED) is 0.935. The maximum Gasteiger partial charge on any atom is 0.0937 e. The predicted octanol–water partition coefficient (Wildman–Crippen LogP) is 3.21. The highest BCUT2D eigenvalue weighted by Crippen LogP contribution is 2.35. The van der Waals surface area contributed by atoms with Gasteiger partial charge in [-0.15, -0.1) is 11.3 Å². The van der Waals surface area contributed by atoms with Crippen LogP contribution in [0, 0.1) is 0 Å². The SMILES string of the molecule is OC(Cc1ccccn1)c1cc2c(s1)CCSC2. The highest BCUT2D eigenvalue weighted by molar-refractivity contribution is 7.98. The molecule has 0 spiro atoms. The van der Waals surface area contributed by atoms with Crippen LogP contribution in [0.25, 0.3) is 0 Å². The van der Waals surface area contributed by atoms with Crippen molar-refractivity contribution in [2.45, 2.75) is 24.7 Å².